The molecule has 0 atom stereocenters. The number of likely N-dealkylation sites (tertiary alicyclic amines) is 1. The highest BCUT2D eigenvalue weighted by Crippen LogP contribution is 2.36. The van der Waals surface area contributed by atoms with E-state index >= 15 is 0 Å². The van der Waals surface area contributed by atoms with Crippen LogP contribution in [0.4, 0.5) is 4.79 Å². The number of amides is 1. The van der Waals surface area contributed by atoms with Gasteiger partial charge in [0.2, 0.25) is 0 Å². The number of hydrogen-bond donors (Lipinski definition) is 1. The summed E-state index contributed by atoms with van der Waals surface area (Å²) in [7, 11) is -0.366. The maximum absolute atomic E-state index is 10.9. The third kappa shape index (κ3) is 3.99. The van der Waals surface area contributed by atoms with Crippen molar-refractivity contribution in [3.63, 3.8) is 0 Å². The van der Waals surface area contributed by atoms with E-state index < -0.39 is 6.09 Å². The van der Waals surface area contributed by atoms with E-state index in [-0.39, 0.29) is 18.3 Å². The van der Waals surface area contributed by atoms with E-state index in [0.717, 1.165) is 24.1 Å². The van der Waals surface area contributed by atoms with Crippen LogP contribution in [-0.4, -0.2) is 54.1 Å². The third-order valence-corrected chi connectivity index (χ3v) is 5.78. The summed E-state index contributed by atoms with van der Waals surface area (Å²) in [5.74, 6) is 1.21. The zero-order chi connectivity index (χ0) is 18.9. The van der Waals surface area contributed by atoms with Crippen LogP contribution in [0.3, 0.4) is 0 Å². The van der Waals surface area contributed by atoms with Gasteiger partial charge in [0.05, 0.1) is 17.8 Å². The van der Waals surface area contributed by atoms with Crippen molar-refractivity contribution in [1.82, 2.24) is 4.90 Å². The van der Waals surface area contributed by atoms with Gasteiger partial charge >= 0.3 is 13.2 Å². The molecule has 1 N–H and O–H groups in total. The molecule has 2 aliphatic rings. The van der Waals surface area contributed by atoms with Crippen LogP contribution in [-0.2, 0) is 9.31 Å². The molecule has 7 heteroatoms. The summed E-state index contributed by atoms with van der Waals surface area (Å²) in [6, 6.07) is 7.83. The average Bonchev–Trinajstić information content (AvgIpc) is 2.81. The number of carbonyl (C=O) groups is 1. The molecule has 1 aromatic rings. The first-order valence-corrected chi connectivity index (χ1v) is 9.24. The number of ether oxygens (including phenoxy) is 1. The van der Waals surface area contributed by atoms with Crippen LogP contribution in [0.2, 0.25) is 0 Å². The van der Waals surface area contributed by atoms with Crippen LogP contribution in [0, 0.1) is 5.92 Å². The fourth-order valence-electron chi connectivity index (χ4n) is 3.21. The van der Waals surface area contributed by atoms with E-state index in [2.05, 4.69) is 0 Å². The minimum absolute atomic E-state index is 0.350. The summed E-state index contributed by atoms with van der Waals surface area (Å²) in [4.78, 5) is 12.4. The molecule has 2 saturated heterocycles. The van der Waals surface area contributed by atoms with Gasteiger partial charge in [0, 0.05) is 13.1 Å². The van der Waals surface area contributed by atoms with Gasteiger partial charge in [-0.2, -0.15) is 0 Å². The van der Waals surface area contributed by atoms with Crippen molar-refractivity contribution in [1.29, 1.82) is 0 Å². The molecule has 2 fully saturated rings. The number of hydrogen-bond acceptors (Lipinski definition) is 4. The number of nitrogens with zero attached hydrogens (tertiary/aromatic N) is 1. The van der Waals surface area contributed by atoms with Gasteiger partial charge in [-0.3, -0.25) is 0 Å². The molecule has 0 aliphatic carbocycles. The summed E-state index contributed by atoms with van der Waals surface area (Å²) in [5, 5.41) is 8.99. The lowest BCUT2D eigenvalue weighted by molar-refractivity contribution is 0.00578. The van der Waals surface area contributed by atoms with Crippen molar-refractivity contribution in [3.8, 4) is 5.75 Å². The van der Waals surface area contributed by atoms with Crippen LogP contribution in [0.15, 0.2) is 24.3 Å². The molecule has 0 aromatic heterocycles. The largest absolute Gasteiger partial charge is 0.494 e. The van der Waals surface area contributed by atoms with E-state index in [4.69, 9.17) is 19.2 Å². The lowest BCUT2D eigenvalue weighted by atomic mass is 9.79. The Labute approximate surface area is 155 Å². The van der Waals surface area contributed by atoms with Crippen LogP contribution >= 0.6 is 0 Å². The Balaban J connectivity index is 1.51. The average molecular weight is 361 g/mol. The van der Waals surface area contributed by atoms with Gasteiger partial charge in [-0.15, -0.1) is 0 Å². The molecular formula is C19H28BNO5. The maximum Gasteiger partial charge on any atom is 0.494 e. The van der Waals surface area contributed by atoms with Crippen molar-refractivity contribution < 1.29 is 23.9 Å². The first kappa shape index (κ1) is 19.0. The second-order valence-corrected chi connectivity index (χ2v) is 8.18. The Morgan fingerprint density at radius 3 is 2.19 bits per heavy atom. The van der Waals surface area contributed by atoms with E-state index in [1.165, 1.54) is 4.90 Å². The van der Waals surface area contributed by atoms with Gasteiger partial charge in [0.1, 0.15) is 5.75 Å². The van der Waals surface area contributed by atoms with Gasteiger partial charge in [-0.05, 0) is 64.1 Å². The monoisotopic (exact) mass is 361 g/mol. The van der Waals surface area contributed by atoms with Gasteiger partial charge in [0.15, 0.2) is 0 Å². The molecule has 1 amide bonds. The Morgan fingerprint density at radius 2 is 1.69 bits per heavy atom. The number of benzene rings is 1. The van der Waals surface area contributed by atoms with Crippen LogP contribution in [0.25, 0.3) is 0 Å². The molecule has 6 nitrogen and oxygen atoms in total. The highest BCUT2D eigenvalue weighted by molar-refractivity contribution is 6.62. The van der Waals surface area contributed by atoms with Gasteiger partial charge in [-0.25, -0.2) is 4.79 Å². The second kappa shape index (κ2) is 7.12. The molecule has 0 radical (unpaired) electrons. The standard InChI is InChI=1S/C19H28BNO5/c1-18(2)19(3,4)26-20(25-18)15-5-7-16(8-6-15)24-13-14-9-11-21(12-10-14)17(22)23/h5-8,14H,9-13H2,1-4H3,(H,22,23). The Bertz CT molecular complexity index is 622. The van der Waals surface area contributed by atoms with Crippen LogP contribution in [0.1, 0.15) is 40.5 Å². The van der Waals surface area contributed by atoms with E-state index in [9.17, 15) is 4.79 Å². The second-order valence-electron chi connectivity index (χ2n) is 8.18. The zero-order valence-corrected chi connectivity index (χ0v) is 16.0. The molecule has 1 aromatic carbocycles. The van der Waals surface area contributed by atoms with Crippen molar-refractivity contribution in [2.24, 2.45) is 5.92 Å². The van der Waals surface area contributed by atoms with Crippen molar-refractivity contribution >= 4 is 18.7 Å². The van der Waals surface area contributed by atoms with Crippen molar-refractivity contribution in [2.45, 2.75) is 51.7 Å². The lowest BCUT2D eigenvalue weighted by Crippen LogP contribution is -2.41. The Morgan fingerprint density at radius 1 is 1.15 bits per heavy atom. The number of rotatable bonds is 4. The van der Waals surface area contributed by atoms with E-state index in [0.29, 0.717) is 25.6 Å². The van der Waals surface area contributed by atoms with Crippen molar-refractivity contribution in [2.75, 3.05) is 19.7 Å². The molecule has 2 heterocycles. The van der Waals surface area contributed by atoms with Gasteiger partial charge in [-0.1, -0.05) is 12.1 Å². The molecule has 2 aliphatic heterocycles. The molecule has 3 rings (SSSR count). The zero-order valence-electron chi connectivity index (χ0n) is 16.0. The number of piperidine rings is 1. The summed E-state index contributed by atoms with van der Waals surface area (Å²) in [5.41, 5.74) is 0.278. The van der Waals surface area contributed by atoms with E-state index in [1.54, 1.807) is 0 Å². The molecule has 0 unspecified atom stereocenters. The predicted molar refractivity (Wildman–Crippen MR) is 100.0 cm³/mol. The molecule has 0 bridgehead atoms. The third-order valence-electron chi connectivity index (χ3n) is 5.78. The molecule has 142 valence electrons. The topological polar surface area (TPSA) is 68.2 Å². The fourth-order valence-corrected chi connectivity index (χ4v) is 3.21. The molecular weight excluding hydrogens is 333 g/mol. The number of carboxylic acid groups (broad SMARTS) is 1. The Kier molecular flexibility index (Phi) is 5.22. The summed E-state index contributed by atoms with van der Waals surface area (Å²) < 4.78 is 18.0. The van der Waals surface area contributed by atoms with Crippen LogP contribution < -0.4 is 10.2 Å². The summed E-state index contributed by atoms with van der Waals surface area (Å²) in [6.45, 7) is 9.96. The predicted octanol–water partition coefficient (Wildman–Crippen LogP) is 2.75. The minimum Gasteiger partial charge on any atom is -0.493 e. The smallest absolute Gasteiger partial charge is 0.493 e. The first-order chi connectivity index (χ1) is 12.2. The highest BCUT2D eigenvalue weighted by atomic mass is 16.7. The molecule has 0 spiro atoms. The van der Waals surface area contributed by atoms with Crippen molar-refractivity contribution in [3.05, 3.63) is 24.3 Å². The molecule has 26 heavy (non-hydrogen) atoms. The minimum atomic E-state index is -0.831. The lowest BCUT2D eigenvalue weighted by Gasteiger charge is -2.32. The van der Waals surface area contributed by atoms with Gasteiger partial charge < -0.3 is 24.1 Å². The Hall–Kier alpha value is -1.73. The van der Waals surface area contributed by atoms with Crippen LogP contribution in [0.5, 0.6) is 5.75 Å². The maximum atomic E-state index is 10.9. The summed E-state index contributed by atoms with van der Waals surface area (Å²) in [6.07, 6.45) is 0.860. The quantitative estimate of drug-likeness (QED) is 0.836. The SMILES string of the molecule is CC1(C)OB(c2ccc(OCC3CCN(C(=O)O)CC3)cc2)OC1(C)C. The van der Waals surface area contributed by atoms with E-state index in [1.807, 2.05) is 52.0 Å². The highest BCUT2D eigenvalue weighted by Gasteiger charge is 2.51. The van der Waals surface area contributed by atoms with Gasteiger partial charge in [0.25, 0.3) is 0 Å². The summed E-state index contributed by atoms with van der Waals surface area (Å²) >= 11 is 0. The fraction of sp³-hybridized carbons (Fsp3) is 0.632. The molecule has 0 saturated carbocycles. The normalized spacial score (nSPS) is 22.5. The first-order valence-electron chi connectivity index (χ1n) is 9.24.